The quantitative estimate of drug-likeness (QED) is 0.841. The van der Waals surface area contributed by atoms with E-state index in [4.69, 9.17) is 0 Å². The van der Waals surface area contributed by atoms with Gasteiger partial charge in [-0.05, 0) is 51.3 Å². The Hall–Kier alpha value is -1.51. The molecular formula is C15H24N2O. The molecule has 0 aliphatic heterocycles. The van der Waals surface area contributed by atoms with E-state index >= 15 is 0 Å². The van der Waals surface area contributed by atoms with Gasteiger partial charge in [0.2, 0.25) is 5.91 Å². The van der Waals surface area contributed by atoms with E-state index in [1.54, 1.807) is 0 Å². The van der Waals surface area contributed by atoms with E-state index in [1.807, 2.05) is 26.0 Å². The number of benzene rings is 1. The lowest BCUT2D eigenvalue weighted by molar-refractivity contribution is -0.122. The van der Waals surface area contributed by atoms with Crippen LogP contribution in [-0.4, -0.2) is 18.0 Å². The van der Waals surface area contributed by atoms with Crippen molar-refractivity contribution in [1.29, 1.82) is 0 Å². The van der Waals surface area contributed by atoms with Crippen LogP contribution in [0.15, 0.2) is 18.2 Å². The predicted molar refractivity (Wildman–Crippen MR) is 76.9 cm³/mol. The van der Waals surface area contributed by atoms with Crippen LogP contribution < -0.4 is 10.6 Å². The fraction of sp³-hybridized carbons (Fsp3) is 0.533. The van der Waals surface area contributed by atoms with Gasteiger partial charge in [-0.25, -0.2) is 0 Å². The van der Waals surface area contributed by atoms with E-state index < -0.39 is 0 Å². The number of hydrogen-bond acceptors (Lipinski definition) is 2. The van der Waals surface area contributed by atoms with E-state index in [-0.39, 0.29) is 18.0 Å². The van der Waals surface area contributed by atoms with Crippen LogP contribution in [0.5, 0.6) is 0 Å². The van der Waals surface area contributed by atoms with Gasteiger partial charge in [0.1, 0.15) is 6.04 Å². The SMILES string of the molecule is CCC(C)NC(=O)C(C)Nc1cccc(C)c1C. The third-order valence-electron chi connectivity index (χ3n) is 3.37. The second-order valence-electron chi connectivity index (χ2n) is 4.93. The van der Waals surface area contributed by atoms with Gasteiger partial charge < -0.3 is 10.6 Å². The number of rotatable bonds is 5. The smallest absolute Gasteiger partial charge is 0.242 e. The predicted octanol–water partition coefficient (Wildman–Crippen LogP) is 3.02. The summed E-state index contributed by atoms with van der Waals surface area (Å²) >= 11 is 0. The van der Waals surface area contributed by atoms with Crippen molar-refractivity contribution >= 4 is 11.6 Å². The van der Waals surface area contributed by atoms with Crippen molar-refractivity contribution in [3.63, 3.8) is 0 Å². The summed E-state index contributed by atoms with van der Waals surface area (Å²) in [5, 5.41) is 6.25. The van der Waals surface area contributed by atoms with Gasteiger partial charge in [0.05, 0.1) is 0 Å². The third kappa shape index (κ3) is 3.76. The molecule has 0 fully saturated rings. The number of carbonyl (C=O) groups is 1. The normalized spacial score (nSPS) is 13.8. The molecule has 0 saturated heterocycles. The lowest BCUT2D eigenvalue weighted by Gasteiger charge is -2.20. The highest BCUT2D eigenvalue weighted by atomic mass is 16.2. The van der Waals surface area contributed by atoms with Gasteiger partial charge in [0, 0.05) is 11.7 Å². The second kappa shape index (κ2) is 6.43. The first-order valence-electron chi connectivity index (χ1n) is 6.58. The molecule has 3 nitrogen and oxygen atoms in total. The maximum Gasteiger partial charge on any atom is 0.242 e. The molecule has 0 spiro atoms. The van der Waals surface area contributed by atoms with Gasteiger partial charge in [-0.1, -0.05) is 19.1 Å². The van der Waals surface area contributed by atoms with Crippen LogP contribution in [0.2, 0.25) is 0 Å². The molecule has 0 aliphatic rings. The standard InChI is InChI=1S/C15H24N2O/c1-6-11(3)16-15(18)13(5)17-14-9-7-8-10(2)12(14)4/h7-9,11,13,17H,6H2,1-5H3,(H,16,18). The summed E-state index contributed by atoms with van der Waals surface area (Å²) in [7, 11) is 0. The number of anilines is 1. The average Bonchev–Trinajstić information content (AvgIpc) is 2.34. The summed E-state index contributed by atoms with van der Waals surface area (Å²) in [5.74, 6) is 0.0465. The zero-order valence-electron chi connectivity index (χ0n) is 12.0. The highest BCUT2D eigenvalue weighted by Crippen LogP contribution is 2.18. The first-order valence-corrected chi connectivity index (χ1v) is 6.58. The van der Waals surface area contributed by atoms with E-state index in [9.17, 15) is 4.79 Å². The molecular weight excluding hydrogens is 224 g/mol. The average molecular weight is 248 g/mol. The molecule has 0 aromatic heterocycles. The fourth-order valence-corrected chi connectivity index (χ4v) is 1.68. The fourth-order valence-electron chi connectivity index (χ4n) is 1.68. The first kappa shape index (κ1) is 14.6. The number of hydrogen-bond donors (Lipinski definition) is 2. The zero-order valence-corrected chi connectivity index (χ0v) is 12.0. The van der Waals surface area contributed by atoms with Crippen LogP contribution in [-0.2, 0) is 4.79 Å². The Bertz CT molecular complexity index is 415. The second-order valence-corrected chi connectivity index (χ2v) is 4.93. The van der Waals surface area contributed by atoms with E-state index in [0.29, 0.717) is 0 Å². The number of amides is 1. The zero-order chi connectivity index (χ0) is 13.7. The summed E-state index contributed by atoms with van der Waals surface area (Å²) in [4.78, 5) is 11.9. The van der Waals surface area contributed by atoms with Crippen molar-refractivity contribution in [3.05, 3.63) is 29.3 Å². The Balaban J connectivity index is 2.67. The number of nitrogens with one attached hydrogen (secondary N) is 2. The van der Waals surface area contributed by atoms with Crippen molar-refractivity contribution in [2.24, 2.45) is 0 Å². The van der Waals surface area contributed by atoms with Gasteiger partial charge >= 0.3 is 0 Å². The Morgan fingerprint density at radius 3 is 2.56 bits per heavy atom. The maximum atomic E-state index is 11.9. The maximum absolute atomic E-state index is 11.9. The molecule has 2 unspecified atom stereocenters. The molecule has 2 atom stereocenters. The van der Waals surface area contributed by atoms with Crippen LogP contribution in [0.4, 0.5) is 5.69 Å². The largest absolute Gasteiger partial charge is 0.374 e. The minimum absolute atomic E-state index is 0.0465. The first-order chi connectivity index (χ1) is 8.45. The van der Waals surface area contributed by atoms with Gasteiger partial charge in [0.25, 0.3) is 0 Å². The number of aryl methyl sites for hydroxylation is 1. The van der Waals surface area contributed by atoms with Crippen molar-refractivity contribution in [2.45, 2.75) is 53.1 Å². The van der Waals surface area contributed by atoms with E-state index in [0.717, 1.165) is 12.1 Å². The molecule has 3 heteroatoms. The molecule has 1 amide bonds. The van der Waals surface area contributed by atoms with E-state index in [1.165, 1.54) is 11.1 Å². The lowest BCUT2D eigenvalue weighted by atomic mass is 10.1. The topological polar surface area (TPSA) is 41.1 Å². The van der Waals surface area contributed by atoms with Gasteiger partial charge in [0.15, 0.2) is 0 Å². The summed E-state index contributed by atoms with van der Waals surface area (Å²) < 4.78 is 0. The highest BCUT2D eigenvalue weighted by molar-refractivity contribution is 5.84. The highest BCUT2D eigenvalue weighted by Gasteiger charge is 2.15. The Labute approximate surface area is 110 Å². The molecule has 1 aromatic carbocycles. The van der Waals surface area contributed by atoms with Crippen LogP contribution in [0.3, 0.4) is 0 Å². The van der Waals surface area contributed by atoms with Crippen LogP contribution in [0.1, 0.15) is 38.3 Å². The summed E-state index contributed by atoms with van der Waals surface area (Å²) in [6.45, 7) is 10.1. The summed E-state index contributed by atoms with van der Waals surface area (Å²) in [5.41, 5.74) is 3.46. The third-order valence-corrected chi connectivity index (χ3v) is 3.37. The van der Waals surface area contributed by atoms with Crippen LogP contribution in [0, 0.1) is 13.8 Å². The molecule has 0 saturated carbocycles. The summed E-state index contributed by atoms with van der Waals surface area (Å²) in [6.07, 6.45) is 0.946. The minimum atomic E-state index is -0.223. The summed E-state index contributed by atoms with van der Waals surface area (Å²) in [6, 6.07) is 6.09. The van der Waals surface area contributed by atoms with Gasteiger partial charge in [-0.2, -0.15) is 0 Å². The van der Waals surface area contributed by atoms with Crippen molar-refractivity contribution in [3.8, 4) is 0 Å². The molecule has 0 heterocycles. The molecule has 0 aliphatic carbocycles. The molecule has 18 heavy (non-hydrogen) atoms. The minimum Gasteiger partial charge on any atom is -0.374 e. The van der Waals surface area contributed by atoms with Crippen molar-refractivity contribution in [1.82, 2.24) is 5.32 Å². The van der Waals surface area contributed by atoms with Gasteiger partial charge in [-0.15, -0.1) is 0 Å². The Morgan fingerprint density at radius 2 is 1.94 bits per heavy atom. The molecule has 100 valence electrons. The Morgan fingerprint density at radius 1 is 1.28 bits per heavy atom. The Kier molecular flexibility index (Phi) is 5.20. The molecule has 2 N–H and O–H groups in total. The van der Waals surface area contributed by atoms with Crippen LogP contribution in [0.25, 0.3) is 0 Å². The van der Waals surface area contributed by atoms with E-state index in [2.05, 4.69) is 37.5 Å². The monoisotopic (exact) mass is 248 g/mol. The lowest BCUT2D eigenvalue weighted by Crippen LogP contribution is -2.41. The molecule has 1 aromatic rings. The molecule has 0 bridgehead atoms. The number of carbonyl (C=O) groups excluding carboxylic acids is 1. The van der Waals surface area contributed by atoms with Crippen LogP contribution >= 0.6 is 0 Å². The van der Waals surface area contributed by atoms with Gasteiger partial charge in [-0.3, -0.25) is 4.79 Å². The molecule has 1 rings (SSSR count). The van der Waals surface area contributed by atoms with Crippen molar-refractivity contribution < 1.29 is 4.79 Å². The molecule has 0 radical (unpaired) electrons. The van der Waals surface area contributed by atoms with Crippen molar-refractivity contribution in [2.75, 3.05) is 5.32 Å².